The Labute approximate surface area is 132 Å². The fourth-order valence-electron chi connectivity index (χ4n) is 2.40. The second kappa shape index (κ2) is 5.88. The predicted molar refractivity (Wildman–Crippen MR) is 90.8 cm³/mol. The summed E-state index contributed by atoms with van der Waals surface area (Å²) in [4.78, 5) is 0. The Morgan fingerprint density at radius 2 is 1.71 bits per heavy atom. The van der Waals surface area contributed by atoms with Crippen LogP contribution in [-0.2, 0) is 6.54 Å². The van der Waals surface area contributed by atoms with Gasteiger partial charge in [-0.25, -0.2) is 0 Å². The van der Waals surface area contributed by atoms with E-state index >= 15 is 0 Å². The highest BCUT2D eigenvalue weighted by Crippen LogP contribution is 2.34. The van der Waals surface area contributed by atoms with Gasteiger partial charge in [-0.1, -0.05) is 52.3 Å². The Hall–Kier alpha value is -1.84. The molecular formula is C18H16BrNO. The van der Waals surface area contributed by atoms with E-state index in [4.69, 9.17) is 10.5 Å². The number of aryl methyl sites for hydroxylation is 1. The SMILES string of the molecule is Cc1ccc(Br)cc1Oc1ccc(CN)c2ccccc12. The monoisotopic (exact) mass is 341 g/mol. The largest absolute Gasteiger partial charge is 0.456 e. The highest BCUT2D eigenvalue weighted by atomic mass is 79.9. The van der Waals surface area contributed by atoms with Gasteiger partial charge in [0.25, 0.3) is 0 Å². The Bertz CT molecular complexity index is 798. The van der Waals surface area contributed by atoms with Gasteiger partial charge in [-0.15, -0.1) is 0 Å². The topological polar surface area (TPSA) is 35.2 Å². The maximum absolute atomic E-state index is 6.13. The first-order valence-electron chi connectivity index (χ1n) is 6.84. The second-order valence-electron chi connectivity index (χ2n) is 4.98. The number of hydrogen-bond donors (Lipinski definition) is 1. The van der Waals surface area contributed by atoms with Crippen molar-refractivity contribution in [3.63, 3.8) is 0 Å². The van der Waals surface area contributed by atoms with Gasteiger partial charge in [-0.05, 0) is 41.6 Å². The van der Waals surface area contributed by atoms with E-state index in [2.05, 4.69) is 28.1 Å². The molecule has 0 saturated heterocycles. The zero-order valence-electron chi connectivity index (χ0n) is 11.8. The van der Waals surface area contributed by atoms with Gasteiger partial charge >= 0.3 is 0 Å². The number of nitrogens with two attached hydrogens (primary N) is 1. The molecule has 3 heteroatoms. The summed E-state index contributed by atoms with van der Waals surface area (Å²) in [6.45, 7) is 2.56. The quantitative estimate of drug-likeness (QED) is 0.713. The molecule has 0 fully saturated rings. The molecule has 0 spiro atoms. The molecular weight excluding hydrogens is 326 g/mol. The highest BCUT2D eigenvalue weighted by Gasteiger charge is 2.08. The van der Waals surface area contributed by atoms with Crippen molar-refractivity contribution in [1.29, 1.82) is 0 Å². The van der Waals surface area contributed by atoms with Crippen LogP contribution in [0.5, 0.6) is 11.5 Å². The van der Waals surface area contributed by atoms with Crippen molar-refractivity contribution in [2.24, 2.45) is 5.73 Å². The van der Waals surface area contributed by atoms with Gasteiger partial charge in [0.1, 0.15) is 11.5 Å². The van der Waals surface area contributed by atoms with E-state index in [-0.39, 0.29) is 0 Å². The minimum absolute atomic E-state index is 0.525. The lowest BCUT2D eigenvalue weighted by Gasteiger charge is -2.13. The molecule has 2 N–H and O–H groups in total. The van der Waals surface area contributed by atoms with Crippen LogP contribution in [0, 0.1) is 6.92 Å². The minimum Gasteiger partial charge on any atom is -0.456 e. The van der Waals surface area contributed by atoms with Crippen molar-refractivity contribution in [3.05, 3.63) is 70.2 Å². The van der Waals surface area contributed by atoms with Gasteiger partial charge < -0.3 is 10.5 Å². The van der Waals surface area contributed by atoms with Crippen LogP contribution >= 0.6 is 15.9 Å². The first-order valence-corrected chi connectivity index (χ1v) is 7.63. The average Bonchev–Trinajstić information content (AvgIpc) is 2.51. The van der Waals surface area contributed by atoms with Crippen LogP contribution in [0.15, 0.2) is 59.1 Å². The van der Waals surface area contributed by atoms with Crippen molar-refractivity contribution in [2.45, 2.75) is 13.5 Å². The molecule has 0 unspecified atom stereocenters. The fourth-order valence-corrected chi connectivity index (χ4v) is 2.74. The van der Waals surface area contributed by atoms with E-state index in [1.807, 2.05) is 49.4 Å². The van der Waals surface area contributed by atoms with E-state index < -0.39 is 0 Å². The average molecular weight is 342 g/mol. The molecule has 0 bridgehead atoms. The van der Waals surface area contributed by atoms with Gasteiger partial charge in [0.05, 0.1) is 0 Å². The molecule has 106 valence electrons. The summed E-state index contributed by atoms with van der Waals surface area (Å²) in [6, 6.07) is 18.2. The normalized spacial score (nSPS) is 10.8. The molecule has 3 rings (SSSR count). The fraction of sp³-hybridized carbons (Fsp3) is 0.111. The maximum Gasteiger partial charge on any atom is 0.135 e. The van der Waals surface area contributed by atoms with E-state index in [1.165, 1.54) is 0 Å². The molecule has 0 aliphatic rings. The number of ether oxygens (including phenoxy) is 1. The molecule has 0 atom stereocenters. The molecule has 0 aliphatic heterocycles. The van der Waals surface area contributed by atoms with Crippen LogP contribution in [-0.4, -0.2) is 0 Å². The third-order valence-electron chi connectivity index (χ3n) is 3.56. The first kappa shape index (κ1) is 14.1. The number of rotatable bonds is 3. The van der Waals surface area contributed by atoms with Crippen LogP contribution in [0.2, 0.25) is 0 Å². The lowest BCUT2D eigenvalue weighted by atomic mass is 10.0. The van der Waals surface area contributed by atoms with Gasteiger partial charge in [0.15, 0.2) is 0 Å². The van der Waals surface area contributed by atoms with Crippen molar-refractivity contribution in [1.82, 2.24) is 0 Å². The van der Waals surface area contributed by atoms with Crippen molar-refractivity contribution >= 4 is 26.7 Å². The molecule has 0 radical (unpaired) electrons. The number of halogens is 1. The molecule has 3 aromatic carbocycles. The summed E-state index contributed by atoms with van der Waals surface area (Å²) < 4.78 is 7.14. The molecule has 0 aromatic heterocycles. The Kier molecular flexibility index (Phi) is 3.95. The van der Waals surface area contributed by atoms with Crippen molar-refractivity contribution < 1.29 is 4.74 Å². The zero-order chi connectivity index (χ0) is 14.8. The summed E-state index contributed by atoms with van der Waals surface area (Å²) >= 11 is 3.49. The van der Waals surface area contributed by atoms with Gasteiger partial charge in [-0.3, -0.25) is 0 Å². The van der Waals surface area contributed by atoms with Crippen molar-refractivity contribution in [2.75, 3.05) is 0 Å². The van der Waals surface area contributed by atoms with E-state index in [9.17, 15) is 0 Å². The van der Waals surface area contributed by atoms with Gasteiger partial charge in [0.2, 0.25) is 0 Å². The zero-order valence-corrected chi connectivity index (χ0v) is 13.4. The molecule has 3 aromatic rings. The number of fused-ring (bicyclic) bond motifs is 1. The van der Waals surface area contributed by atoms with Crippen LogP contribution in [0.25, 0.3) is 10.8 Å². The second-order valence-corrected chi connectivity index (χ2v) is 5.90. The summed E-state index contributed by atoms with van der Waals surface area (Å²) in [5, 5.41) is 2.23. The summed E-state index contributed by atoms with van der Waals surface area (Å²) in [6.07, 6.45) is 0. The maximum atomic E-state index is 6.13. The first-order chi connectivity index (χ1) is 10.2. The summed E-state index contributed by atoms with van der Waals surface area (Å²) in [7, 11) is 0. The van der Waals surface area contributed by atoms with E-state index in [0.29, 0.717) is 6.54 Å². The highest BCUT2D eigenvalue weighted by molar-refractivity contribution is 9.10. The van der Waals surface area contributed by atoms with Crippen LogP contribution < -0.4 is 10.5 Å². The van der Waals surface area contributed by atoms with Crippen LogP contribution in [0.1, 0.15) is 11.1 Å². The van der Waals surface area contributed by atoms with Gasteiger partial charge in [-0.2, -0.15) is 0 Å². The Morgan fingerprint density at radius 3 is 2.48 bits per heavy atom. The molecule has 0 amide bonds. The molecule has 0 aliphatic carbocycles. The van der Waals surface area contributed by atoms with Crippen LogP contribution in [0.3, 0.4) is 0 Å². The lowest BCUT2D eigenvalue weighted by molar-refractivity contribution is 0.484. The van der Waals surface area contributed by atoms with E-state index in [1.54, 1.807) is 0 Å². The number of hydrogen-bond acceptors (Lipinski definition) is 2. The van der Waals surface area contributed by atoms with Crippen LogP contribution in [0.4, 0.5) is 0 Å². The van der Waals surface area contributed by atoms with Crippen molar-refractivity contribution in [3.8, 4) is 11.5 Å². The Balaban J connectivity index is 2.11. The molecule has 21 heavy (non-hydrogen) atoms. The van der Waals surface area contributed by atoms with E-state index in [0.717, 1.165) is 37.9 Å². The molecule has 2 nitrogen and oxygen atoms in total. The predicted octanol–water partition coefficient (Wildman–Crippen LogP) is 5.16. The smallest absolute Gasteiger partial charge is 0.135 e. The number of benzene rings is 3. The third kappa shape index (κ3) is 2.80. The third-order valence-corrected chi connectivity index (χ3v) is 4.06. The molecule has 0 saturated carbocycles. The van der Waals surface area contributed by atoms with Gasteiger partial charge in [0, 0.05) is 16.4 Å². The summed E-state index contributed by atoms with van der Waals surface area (Å²) in [5.41, 5.74) is 8.05. The Morgan fingerprint density at radius 1 is 0.952 bits per heavy atom. The lowest BCUT2D eigenvalue weighted by Crippen LogP contribution is -1.98. The molecule has 0 heterocycles. The standard InChI is InChI=1S/C18H16BrNO/c1-12-6-8-14(19)10-18(12)21-17-9-7-13(11-20)15-4-2-3-5-16(15)17/h2-10H,11,20H2,1H3. The summed E-state index contributed by atoms with van der Waals surface area (Å²) in [5.74, 6) is 1.71. The minimum atomic E-state index is 0.525.